The summed E-state index contributed by atoms with van der Waals surface area (Å²) in [5.41, 5.74) is 8.70. The Balaban J connectivity index is 1.63. The third-order valence-corrected chi connectivity index (χ3v) is 3.56. The summed E-state index contributed by atoms with van der Waals surface area (Å²) in [5.74, 6) is 1.02. The minimum atomic E-state index is -0.219. The number of halogens is 1. The largest absolute Gasteiger partial charge is 0.481 e. The van der Waals surface area contributed by atoms with Gasteiger partial charge in [-0.1, -0.05) is 18.2 Å². The van der Waals surface area contributed by atoms with E-state index in [4.69, 9.17) is 10.5 Å². The second-order valence-corrected chi connectivity index (χ2v) is 5.33. The molecule has 2 aromatic carbocycles. The molecule has 2 aromatic rings. The van der Waals surface area contributed by atoms with Crippen LogP contribution in [-0.2, 0) is 13.1 Å². The molecule has 0 aliphatic carbocycles. The SMILES string of the molecule is CC1Oc2ccc(CNCc3ccc(F)cc3)cc2N=C1N. The fourth-order valence-corrected chi connectivity index (χ4v) is 2.29. The molecule has 0 fully saturated rings. The first-order valence-corrected chi connectivity index (χ1v) is 7.20. The van der Waals surface area contributed by atoms with Crippen LogP contribution in [0.25, 0.3) is 0 Å². The standard InChI is InChI=1S/C17H18FN3O/c1-11-17(19)21-15-8-13(4-7-16(15)22-11)10-20-9-12-2-5-14(18)6-3-12/h2-8,11,20H,9-10H2,1H3,(H2,19,21). The van der Waals surface area contributed by atoms with Gasteiger partial charge in [-0.25, -0.2) is 9.38 Å². The summed E-state index contributed by atoms with van der Waals surface area (Å²) in [5, 5.41) is 3.32. The zero-order chi connectivity index (χ0) is 15.5. The van der Waals surface area contributed by atoms with Gasteiger partial charge in [-0.15, -0.1) is 0 Å². The van der Waals surface area contributed by atoms with Gasteiger partial charge < -0.3 is 15.8 Å². The highest BCUT2D eigenvalue weighted by atomic mass is 19.1. The van der Waals surface area contributed by atoms with Gasteiger partial charge in [-0.2, -0.15) is 0 Å². The fourth-order valence-electron chi connectivity index (χ4n) is 2.29. The highest BCUT2D eigenvalue weighted by Crippen LogP contribution is 2.32. The number of amidine groups is 1. The molecule has 1 unspecified atom stereocenters. The van der Waals surface area contributed by atoms with Gasteiger partial charge in [0.2, 0.25) is 0 Å². The van der Waals surface area contributed by atoms with Crippen molar-refractivity contribution in [1.82, 2.24) is 5.32 Å². The zero-order valence-electron chi connectivity index (χ0n) is 12.3. The van der Waals surface area contributed by atoms with Gasteiger partial charge in [0.15, 0.2) is 6.10 Å². The Bertz CT molecular complexity index is 698. The van der Waals surface area contributed by atoms with Gasteiger partial charge >= 0.3 is 0 Å². The summed E-state index contributed by atoms with van der Waals surface area (Å²) >= 11 is 0. The third-order valence-electron chi connectivity index (χ3n) is 3.56. The number of nitrogens with one attached hydrogen (secondary N) is 1. The summed E-state index contributed by atoms with van der Waals surface area (Å²) in [7, 11) is 0. The molecule has 0 radical (unpaired) electrons. The van der Waals surface area contributed by atoms with Crippen molar-refractivity contribution in [3.8, 4) is 5.75 Å². The molecule has 4 nitrogen and oxygen atoms in total. The molecular weight excluding hydrogens is 281 g/mol. The van der Waals surface area contributed by atoms with Gasteiger partial charge in [-0.3, -0.25) is 0 Å². The van der Waals surface area contributed by atoms with Crippen LogP contribution in [0.15, 0.2) is 47.5 Å². The molecular formula is C17H18FN3O. The van der Waals surface area contributed by atoms with E-state index in [0.29, 0.717) is 18.9 Å². The van der Waals surface area contributed by atoms with E-state index in [0.717, 1.165) is 22.6 Å². The van der Waals surface area contributed by atoms with Gasteiger partial charge in [0.05, 0.1) is 0 Å². The molecule has 0 saturated heterocycles. The van der Waals surface area contributed by atoms with Gasteiger partial charge in [0, 0.05) is 13.1 Å². The summed E-state index contributed by atoms with van der Waals surface area (Å²) in [4.78, 5) is 4.36. The first-order valence-electron chi connectivity index (χ1n) is 7.20. The van der Waals surface area contributed by atoms with E-state index in [1.807, 2.05) is 25.1 Å². The number of ether oxygens (including phenoxy) is 1. The van der Waals surface area contributed by atoms with E-state index in [1.54, 1.807) is 12.1 Å². The quantitative estimate of drug-likeness (QED) is 0.912. The van der Waals surface area contributed by atoms with E-state index < -0.39 is 0 Å². The van der Waals surface area contributed by atoms with Crippen LogP contribution >= 0.6 is 0 Å². The summed E-state index contributed by atoms with van der Waals surface area (Å²) in [6.07, 6.45) is -0.185. The Morgan fingerprint density at radius 3 is 2.59 bits per heavy atom. The second-order valence-electron chi connectivity index (χ2n) is 5.33. The van der Waals surface area contributed by atoms with E-state index in [1.165, 1.54) is 12.1 Å². The Labute approximate surface area is 128 Å². The van der Waals surface area contributed by atoms with Gasteiger partial charge in [-0.05, 0) is 42.3 Å². The average Bonchev–Trinajstić information content (AvgIpc) is 2.51. The van der Waals surface area contributed by atoms with Crippen molar-refractivity contribution in [2.45, 2.75) is 26.1 Å². The van der Waals surface area contributed by atoms with E-state index in [2.05, 4.69) is 10.3 Å². The predicted octanol–water partition coefficient (Wildman–Crippen LogP) is 2.89. The highest BCUT2D eigenvalue weighted by molar-refractivity contribution is 5.89. The number of aliphatic imine (C=N–C) groups is 1. The second kappa shape index (κ2) is 6.15. The number of fused-ring (bicyclic) bond motifs is 1. The first kappa shape index (κ1) is 14.5. The van der Waals surface area contributed by atoms with Gasteiger partial charge in [0.25, 0.3) is 0 Å². The zero-order valence-corrected chi connectivity index (χ0v) is 12.3. The molecule has 1 aliphatic heterocycles. The monoisotopic (exact) mass is 299 g/mol. The third kappa shape index (κ3) is 3.26. The lowest BCUT2D eigenvalue weighted by atomic mass is 10.1. The van der Waals surface area contributed by atoms with Crippen molar-refractivity contribution in [3.63, 3.8) is 0 Å². The normalized spacial score (nSPS) is 16.6. The lowest BCUT2D eigenvalue weighted by Gasteiger charge is -2.21. The average molecular weight is 299 g/mol. The molecule has 3 N–H and O–H groups in total. The molecule has 0 spiro atoms. The van der Waals surface area contributed by atoms with E-state index in [9.17, 15) is 4.39 Å². The number of nitrogens with two attached hydrogens (primary N) is 1. The number of hydrogen-bond donors (Lipinski definition) is 2. The van der Waals surface area contributed by atoms with Crippen LogP contribution in [0.5, 0.6) is 5.75 Å². The smallest absolute Gasteiger partial charge is 0.153 e. The maximum Gasteiger partial charge on any atom is 0.153 e. The molecule has 22 heavy (non-hydrogen) atoms. The maximum absolute atomic E-state index is 12.8. The summed E-state index contributed by atoms with van der Waals surface area (Å²) in [6, 6.07) is 12.4. The molecule has 1 aliphatic rings. The van der Waals surface area contributed by atoms with Crippen molar-refractivity contribution in [1.29, 1.82) is 0 Å². The molecule has 1 heterocycles. The van der Waals surface area contributed by atoms with Crippen LogP contribution < -0.4 is 15.8 Å². The topological polar surface area (TPSA) is 59.6 Å². The molecule has 0 amide bonds. The number of hydrogen-bond acceptors (Lipinski definition) is 4. The van der Waals surface area contributed by atoms with Crippen molar-refractivity contribution in [2.75, 3.05) is 0 Å². The molecule has 5 heteroatoms. The molecule has 0 aromatic heterocycles. The van der Waals surface area contributed by atoms with Crippen molar-refractivity contribution >= 4 is 11.5 Å². The number of benzene rings is 2. The summed E-state index contributed by atoms with van der Waals surface area (Å²) < 4.78 is 18.5. The predicted molar refractivity (Wildman–Crippen MR) is 84.8 cm³/mol. The fraction of sp³-hybridized carbons (Fsp3) is 0.235. The minimum Gasteiger partial charge on any atom is -0.481 e. The van der Waals surface area contributed by atoms with Crippen molar-refractivity contribution in [2.24, 2.45) is 10.7 Å². The Hall–Kier alpha value is -2.40. The van der Waals surface area contributed by atoms with Crippen molar-refractivity contribution < 1.29 is 9.13 Å². The Morgan fingerprint density at radius 2 is 1.82 bits per heavy atom. The van der Waals surface area contributed by atoms with Crippen LogP contribution in [0.4, 0.5) is 10.1 Å². The van der Waals surface area contributed by atoms with E-state index >= 15 is 0 Å². The lowest BCUT2D eigenvalue weighted by Crippen LogP contribution is -2.33. The molecule has 1 atom stereocenters. The molecule has 0 saturated carbocycles. The Morgan fingerprint density at radius 1 is 1.14 bits per heavy atom. The Kier molecular flexibility index (Phi) is 4.06. The maximum atomic E-state index is 12.8. The van der Waals surface area contributed by atoms with Crippen LogP contribution in [0.1, 0.15) is 18.1 Å². The van der Waals surface area contributed by atoms with Crippen molar-refractivity contribution in [3.05, 3.63) is 59.4 Å². The van der Waals surface area contributed by atoms with Crippen LogP contribution in [0.2, 0.25) is 0 Å². The van der Waals surface area contributed by atoms with Crippen LogP contribution in [0, 0.1) is 5.82 Å². The highest BCUT2D eigenvalue weighted by Gasteiger charge is 2.17. The molecule has 114 valence electrons. The number of nitrogens with zero attached hydrogens (tertiary/aromatic N) is 1. The van der Waals surface area contributed by atoms with Crippen LogP contribution in [-0.4, -0.2) is 11.9 Å². The lowest BCUT2D eigenvalue weighted by molar-refractivity contribution is 0.281. The molecule has 3 rings (SSSR count). The van der Waals surface area contributed by atoms with Crippen LogP contribution in [0.3, 0.4) is 0 Å². The van der Waals surface area contributed by atoms with Gasteiger partial charge in [0.1, 0.15) is 23.1 Å². The summed E-state index contributed by atoms with van der Waals surface area (Å²) in [6.45, 7) is 3.24. The molecule has 0 bridgehead atoms. The minimum absolute atomic E-state index is 0.185. The number of rotatable bonds is 4. The van der Waals surface area contributed by atoms with E-state index in [-0.39, 0.29) is 11.9 Å². The first-order chi connectivity index (χ1) is 10.6.